The summed E-state index contributed by atoms with van der Waals surface area (Å²) < 4.78 is 0. The van der Waals surface area contributed by atoms with E-state index in [1.807, 2.05) is 41.8 Å². The maximum atomic E-state index is 12.4. The maximum absolute atomic E-state index is 12.4. The summed E-state index contributed by atoms with van der Waals surface area (Å²) in [5.41, 5.74) is 1.40. The highest BCUT2D eigenvalue weighted by molar-refractivity contribution is 7.11. The van der Waals surface area contributed by atoms with Crippen molar-refractivity contribution in [3.05, 3.63) is 63.9 Å². The first-order valence-corrected chi connectivity index (χ1v) is 9.17. The minimum absolute atomic E-state index is 0.0140. The molecule has 1 amide bonds. The van der Waals surface area contributed by atoms with Gasteiger partial charge in [-0.15, -0.1) is 11.3 Å². The molecule has 1 saturated heterocycles. The molecule has 0 spiro atoms. The summed E-state index contributed by atoms with van der Waals surface area (Å²) in [5.74, 6) is -0.0291. The average molecular weight is 352 g/mol. The Morgan fingerprint density at radius 2 is 2.04 bits per heavy atom. The fraction of sp³-hybridized carbons (Fsp3) is 0.300. The van der Waals surface area contributed by atoms with Gasteiger partial charge in [-0.2, -0.15) is 5.26 Å². The molecule has 2 aromatic rings. The van der Waals surface area contributed by atoms with Crippen molar-refractivity contribution in [3.8, 4) is 6.07 Å². The topological polar surface area (TPSA) is 64.3 Å². The van der Waals surface area contributed by atoms with E-state index >= 15 is 0 Å². The van der Waals surface area contributed by atoms with E-state index in [2.05, 4.69) is 6.07 Å². The Balaban J connectivity index is 1.63. The van der Waals surface area contributed by atoms with Crippen molar-refractivity contribution in [2.24, 2.45) is 0 Å². The second-order valence-corrected chi connectivity index (χ2v) is 7.18. The molecule has 4 nitrogen and oxygen atoms in total. The van der Waals surface area contributed by atoms with E-state index in [1.54, 1.807) is 17.1 Å². The Hall–Kier alpha value is -2.42. The molecule has 5 heteroatoms. The normalized spacial score (nSPS) is 16.7. The SMILES string of the molecule is N#CC1(c2ccccc2)CCN(C(=O)/C=C/c2cc(CO)cs2)CC1. The van der Waals surface area contributed by atoms with E-state index in [4.69, 9.17) is 5.11 Å². The van der Waals surface area contributed by atoms with Gasteiger partial charge in [-0.3, -0.25) is 4.79 Å². The number of rotatable bonds is 4. The van der Waals surface area contributed by atoms with Crippen LogP contribution in [0.1, 0.15) is 28.8 Å². The number of hydrogen-bond acceptors (Lipinski definition) is 4. The second kappa shape index (κ2) is 7.64. The highest BCUT2D eigenvalue weighted by atomic mass is 32.1. The molecular formula is C20H20N2O2S. The van der Waals surface area contributed by atoms with Gasteiger partial charge in [0.2, 0.25) is 5.91 Å². The minimum Gasteiger partial charge on any atom is -0.392 e. The molecule has 1 aromatic carbocycles. The molecule has 0 bridgehead atoms. The van der Waals surface area contributed by atoms with Gasteiger partial charge < -0.3 is 10.0 Å². The number of benzene rings is 1. The van der Waals surface area contributed by atoms with Crippen molar-refractivity contribution < 1.29 is 9.90 Å². The van der Waals surface area contributed by atoms with Gasteiger partial charge in [0.1, 0.15) is 0 Å². The van der Waals surface area contributed by atoms with Gasteiger partial charge in [0.05, 0.1) is 18.1 Å². The van der Waals surface area contributed by atoms with Gasteiger partial charge in [0.15, 0.2) is 0 Å². The first kappa shape index (κ1) is 17.4. The molecule has 0 atom stereocenters. The first-order valence-electron chi connectivity index (χ1n) is 8.29. The maximum Gasteiger partial charge on any atom is 0.246 e. The number of likely N-dealkylation sites (tertiary alicyclic amines) is 1. The van der Waals surface area contributed by atoms with Gasteiger partial charge in [-0.1, -0.05) is 30.3 Å². The van der Waals surface area contributed by atoms with Gasteiger partial charge >= 0.3 is 0 Å². The van der Waals surface area contributed by atoms with Crippen molar-refractivity contribution in [3.63, 3.8) is 0 Å². The molecular weight excluding hydrogens is 332 g/mol. The van der Waals surface area contributed by atoms with Crippen molar-refractivity contribution >= 4 is 23.3 Å². The lowest BCUT2D eigenvalue weighted by atomic mass is 9.74. The van der Waals surface area contributed by atoms with Crippen LogP contribution in [0.25, 0.3) is 6.08 Å². The quantitative estimate of drug-likeness (QED) is 0.859. The fourth-order valence-corrected chi connectivity index (χ4v) is 3.95. The first-order chi connectivity index (χ1) is 12.2. The summed E-state index contributed by atoms with van der Waals surface area (Å²) in [7, 11) is 0. The van der Waals surface area contributed by atoms with Crippen LogP contribution in [0, 0.1) is 11.3 Å². The number of nitriles is 1. The number of carbonyl (C=O) groups is 1. The van der Waals surface area contributed by atoms with Gasteiger partial charge in [0.25, 0.3) is 0 Å². The number of nitrogens with zero attached hydrogens (tertiary/aromatic N) is 2. The van der Waals surface area contributed by atoms with Crippen molar-refractivity contribution in [2.75, 3.05) is 13.1 Å². The molecule has 3 rings (SSSR count). The zero-order valence-corrected chi connectivity index (χ0v) is 14.7. The van der Waals surface area contributed by atoms with Gasteiger partial charge in [0, 0.05) is 24.0 Å². The van der Waals surface area contributed by atoms with Crippen molar-refractivity contribution in [2.45, 2.75) is 24.9 Å². The largest absolute Gasteiger partial charge is 0.392 e. The van der Waals surface area contributed by atoms with Crippen LogP contribution in [0.5, 0.6) is 0 Å². The Labute approximate surface area is 151 Å². The van der Waals surface area contributed by atoms with Crippen molar-refractivity contribution in [1.82, 2.24) is 4.90 Å². The highest BCUT2D eigenvalue weighted by Crippen LogP contribution is 2.34. The Morgan fingerprint density at radius 3 is 2.64 bits per heavy atom. The molecule has 0 unspecified atom stereocenters. The number of aliphatic hydroxyl groups is 1. The average Bonchev–Trinajstić information content (AvgIpc) is 3.15. The number of amides is 1. The van der Waals surface area contributed by atoms with Crippen LogP contribution < -0.4 is 0 Å². The zero-order chi connectivity index (χ0) is 17.7. The minimum atomic E-state index is -0.495. The third-order valence-corrected chi connectivity index (χ3v) is 5.66. The monoisotopic (exact) mass is 352 g/mol. The van der Waals surface area contributed by atoms with E-state index < -0.39 is 5.41 Å². The third kappa shape index (κ3) is 3.81. The van der Waals surface area contributed by atoms with Crippen LogP contribution >= 0.6 is 11.3 Å². The van der Waals surface area contributed by atoms with Gasteiger partial charge in [-0.05, 0) is 41.5 Å². The highest BCUT2D eigenvalue weighted by Gasteiger charge is 2.37. The fourth-order valence-electron chi connectivity index (χ4n) is 3.15. The molecule has 1 fully saturated rings. The van der Waals surface area contributed by atoms with Crippen molar-refractivity contribution in [1.29, 1.82) is 5.26 Å². The molecule has 25 heavy (non-hydrogen) atoms. The van der Waals surface area contributed by atoms with Crippen LogP contribution in [0.4, 0.5) is 0 Å². The number of piperidine rings is 1. The summed E-state index contributed by atoms with van der Waals surface area (Å²) in [5, 5.41) is 20.7. The summed E-state index contributed by atoms with van der Waals surface area (Å²) in [6, 6.07) is 14.2. The summed E-state index contributed by atoms with van der Waals surface area (Å²) in [4.78, 5) is 15.1. The Morgan fingerprint density at radius 1 is 1.32 bits per heavy atom. The lowest BCUT2D eigenvalue weighted by Crippen LogP contribution is -2.44. The molecule has 1 aromatic heterocycles. The smallest absolute Gasteiger partial charge is 0.246 e. The number of carbonyl (C=O) groups excluding carboxylic acids is 1. The number of thiophene rings is 1. The van der Waals surface area contributed by atoms with E-state index in [9.17, 15) is 10.1 Å². The lowest BCUT2D eigenvalue weighted by molar-refractivity contribution is -0.127. The predicted molar refractivity (Wildman–Crippen MR) is 98.8 cm³/mol. The van der Waals surface area contributed by atoms with E-state index in [0.29, 0.717) is 25.9 Å². The number of aliphatic hydroxyl groups excluding tert-OH is 1. The second-order valence-electron chi connectivity index (χ2n) is 6.23. The molecule has 0 aliphatic carbocycles. The van der Waals surface area contributed by atoms with Crippen LogP contribution in [-0.2, 0) is 16.8 Å². The Kier molecular flexibility index (Phi) is 5.32. The van der Waals surface area contributed by atoms with E-state index in [1.165, 1.54) is 11.3 Å². The summed E-state index contributed by atoms with van der Waals surface area (Å²) >= 11 is 1.50. The van der Waals surface area contributed by atoms with Crippen LogP contribution in [0.2, 0.25) is 0 Å². The Bertz CT molecular complexity index is 797. The molecule has 2 heterocycles. The molecule has 1 aliphatic rings. The van der Waals surface area contributed by atoms with E-state index in [-0.39, 0.29) is 12.5 Å². The molecule has 0 saturated carbocycles. The predicted octanol–water partition coefficient (Wildman–Crippen LogP) is 3.34. The van der Waals surface area contributed by atoms with Gasteiger partial charge in [-0.25, -0.2) is 0 Å². The summed E-state index contributed by atoms with van der Waals surface area (Å²) in [6.07, 6.45) is 4.67. The standard InChI is InChI=1S/C20H20N2O2S/c21-15-20(17-4-2-1-3-5-17)8-10-22(11-9-20)19(24)7-6-18-12-16(13-23)14-25-18/h1-7,12,14,23H,8-11,13H2/b7-6+. The molecule has 1 aliphatic heterocycles. The third-order valence-electron chi connectivity index (χ3n) is 4.72. The van der Waals surface area contributed by atoms with Crippen LogP contribution in [0.3, 0.4) is 0 Å². The van der Waals surface area contributed by atoms with Crippen LogP contribution in [-0.4, -0.2) is 29.0 Å². The molecule has 0 radical (unpaired) electrons. The summed E-state index contributed by atoms with van der Waals surface area (Å²) in [6.45, 7) is 1.18. The number of hydrogen-bond donors (Lipinski definition) is 1. The lowest BCUT2D eigenvalue weighted by Gasteiger charge is -2.37. The van der Waals surface area contributed by atoms with E-state index in [0.717, 1.165) is 16.0 Å². The van der Waals surface area contributed by atoms with Crippen LogP contribution in [0.15, 0.2) is 47.9 Å². The molecule has 128 valence electrons. The molecule has 1 N–H and O–H groups in total. The zero-order valence-electron chi connectivity index (χ0n) is 13.9.